The third-order valence-corrected chi connectivity index (χ3v) is 3.75. The largest absolute Gasteiger partial charge is 0.461 e. The van der Waals surface area contributed by atoms with Crippen molar-refractivity contribution in [3.63, 3.8) is 0 Å². The molecule has 164 valence electrons. The second kappa shape index (κ2) is 10.2. The van der Waals surface area contributed by atoms with Crippen LogP contribution in [0.3, 0.4) is 0 Å². The van der Waals surface area contributed by atoms with Crippen LogP contribution in [0.1, 0.15) is 19.4 Å². The lowest BCUT2D eigenvalue weighted by molar-refractivity contribution is -0.384. The first-order valence-electron chi connectivity index (χ1n) is 8.85. The van der Waals surface area contributed by atoms with Crippen LogP contribution < -0.4 is 10.9 Å². The summed E-state index contributed by atoms with van der Waals surface area (Å²) in [5.74, 6) is -0.809. The summed E-state index contributed by atoms with van der Waals surface area (Å²) in [5.41, 5.74) is 3.00. The molecule has 0 aliphatic rings. The first-order chi connectivity index (χ1) is 14.6. The van der Waals surface area contributed by atoms with Gasteiger partial charge >= 0.3 is 12.1 Å². The van der Waals surface area contributed by atoms with E-state index in [4.69, 9.17) is 4.74 Å². The molecule has 0 atom stereocenters. The summed E-state index contributed by atoms with van der Waals surface area (Å²) in [6, 6.07) is 10.6. The van der Waals surface area contributed by atoms with Gasteiger partial charge in [0.1, 0.15) is 5.69 Å². The highest BCUT2D eigenvalue weighted by Gasteiger charge is 2.33. The number of hydrogen-bond acceptors (Lipinski definition) is 8. The van der Waals surface area contributed by atoms with Crippen molar-refractivity contribution in [2.24, 2.45) is 10.2 Å². The quantitative estimate of drug-likeness (QED) is 0.273. The Morgan fingerprint density at radius 3 is 2.39 bits per heavy atom. The molecule has 0 heterocycles. The van der Waals surface area contributed by atoms with Crippen LogP contribution in [0.2, 0.25) is 0 Å². The summed E-state index contributed by atoms with van der Waals surface area (Å²) in [4.78, 5) is 22.4. The van der Waals surface area contributed by atoms with E-state index in [1.54, 1.807) is 37.3 Å². The number of anilines is 2. The number of alkyl halides is 3. The molecule has 2 aromatic carbocycles. The van der Waals surface area contributed by atoms with Crippen LogP contribution in [0.25, 0.3) is 0 Å². The molecule has 0 unspecified atom stereocenters. The maximum atomic E-state index is 12.8. The molecule has 2 aromatic rings. The molecule has 2 rings (SSSR count). The number of carbonyl (C=O) groups is 1. The Kier molecular flexibility index (Phi) is 7.66. The number of hydrogen-bond donors (Lipinski definition) is 2. The lowest BCUT2D eigenvalue weighted by atomic mass is 10.1. The van der Waals surface area contributed by atoms with Gasteiger partial charge in [-0.25, -0.2) is 4.79 Å². The maximum Gasteiger partial charge on any atom is 0.416 e. The van der Waals surface area contributed by atoms with Gasteiger partial charge in [-0.1, -0.05) is 18.2 Å². The van der Waals surface area contributed by atoms with E-state index in [0.29, 0.717) is 17.8 Å². The molecule has 0 radical (unpaired) electrons. The Morgan fingerprint density at radius 2 is 1.81 bits per heavy atom. The number of halogens is 3. The summed E-state index contributed by atoms with van der Waals surface area (Å²) in [6.45, 7) is 3.04. The van der Waals surface area contributed by atoms with Crippen LogP contribution in [0.5, 0.6) is 0 Å². The van der Waals surface area contributed by atoms with Crippen molar-refractivity contribution >= 4 is 34.5 Å². The SMILES string of the molecule is CCOC(=O)C(=N/Nc1ccccc1)/C(C)=N\Nc1ccc(C(F)(F)F)cc1[N+](=O)[O-]. The molecule has 12 heteroatoms. The summed E-state index contributed by atoms with van der Waals surface area (Å²) < 4.78 is 43.4. The molecular formula is C19H18F3N5O4. The highest BCUT2D eigenvalue weighted by atomic mass is 19.4. The van der Waals surface area contributed by atoms with Gasteiger partial charge in [0.25, 0.3) is 5.69 Å². The fourth-order valence-corrected chi connectivity index (χ4v) is 2.26. The Bertz CT molecular complexity index is 1010. The van der Waals surface area contributed by atoms with E-state index in [0.717, 1.165) is 6.07 Å². The molecule has 0 amide bonds. The molecule has 0 bridgehead atoms. The smallest absolute Gasteiger partial charge is 0.416 e. The Balaban J connectivity index is 2.32. The number of nitrogens with one attached hydrogen (secondary N) is 2. The number of benzene rings is 2. The van der Waals surface area contributed by atoms with Crippen molar-refractivity contribution in [1.29, 1.82) is 0 Å². The highest BCUT2D eigenvalue weighted by Crippen LogP contribution is 2.34. The van der Waals surface area contributed by atoms with E-state index in [2.05, 4.69) is 21.1 Å². The molecule has 0 aliphatic carbocycles. The summed E-state index contributed by atoms with van der Waals surface area (Å²) in [6.07, 6.45) is -4.74. The Labute approximate surface area is 174 Å². The molecule has 31 heavy (non-hydrogen) atoms. The fraction of sp³-hybridized carbons (Fsp3) is 0.211. The average Bonchev–Trinajstić information content (AvgIpc) is 2.72. The number of ether oxygens (including phenoxy) is 1. The highest BCUT2D eigenvalue weighted by molar-refractivity contribution is 6.65. The molecule has 0 saturated carbocycles. The first kappa shape index (κ1) is 23.3. The van der Waals surface area contributed by atoms with Gasteiger partial charge in [0, 0.05) is 6.07 Å². The first-order valence-corrected chi connectivity index (χ1v) is 8.85. The van der Waals surface area contributed by atoms with Crippen LogP contribution in [0.15, 0.2) is 58.7 Å². The predicted molar refractivity (Wildman–Crippen MR) is 109 cm³/mol. The van der Waals surface area contributed by atoms with Crippen molar-refractivity contribution in [2.45, 2.75) is 20.0 Å². The number of esters is 1. The van der Waals surface area contributed by atoms with Gasteiger partial charge in [-0.2, -0.15) is 23.4 Å². The van der Waals surface area contributed by atoms with Crippen LogP contribution in [0, 0.1) is 10.1 Å². The van der Waals surface area contributed by atoms with Gasteiger partial charge in [0.15, 0.2) is 5.71 Å². The number of nitro benzene ring substituents is 1. The number of carbonyl (C=O) groups excluding carboxylic acids is 1. The van der Waals surface area contributed by atoms with E-state index in [1.165, 1.54) is 6.92 Å². The minimum Gasteiger partial charge on any atom is -0.461 e. The fourth-order valence-electron chi connectivity index (χ4n) is 2.26. The lowest BCUT2D eigenvalue weighted by Gasteiger charge is -2.10. The number of hydrazone groups is 2. The van der Waals surface area contributed by atoms with Crippen LogP contribution >= 0.6 is 0 Å². The monoisotopic (exact) mass is 437 g/mol. The molecular weight excluding hydrogens is 419 g/mol. The molecule has 0 spiro atoms. The van der Waals surface area contributed by atoms with E-state index < -0.39 is 28.3 Å². The van der Waals surface area contributed by atoms with Crippen molar-refractivity contribution in [1.82, 2.24) is 0 Å². The Morgan fingerprint density at radius 1 is 1.13 bits per heavy atom. The average molecular weight is 437 g/mol. The van der Waals surface area contributed by atoms with Gasteiger partial charge in [-0.05, 0) is 38.1 Å². The van der Waals surface area contributed by atoms with Crippen LogP contribution in [-0.4, -0.2) is 28.9 Å². The maximum absolute atomic E-state index is 12.8. The van der Waals surface area contributed by atoms with Crippen molar-refractivity contribution in [3.05, 3.63) is 64.2 Å². The van der Waals surface area contributed by atoms with Gasteiger partial charge in [0.05, 0.1) is 28.5 Å². The molecule has 9 nitrogen and oxygen atoms in total. The van der Waals surface area contributed by atoms with E-state index in [9.17, 15) is 28.1 Å². The molecule has 0 fully saturated rings. The van der Waals surface area contributed by atoms with Crippen LogP contribution in [-0.2, 0) is 15.7 Å². The lowest BCUT2D eigenvalue weighted by Crippen LogP contribution is -2.26. The van der Waals surface area contributed by atoms with Crippen molar-refractivity contribution in [2.75, 3.05) is 17.5 Å². The zero-order valence-corrected chi connectivity index (χ0v) is 16.4. The van der Waals surface area contributed by atoms with Crippen molar-refractivity contribution < 1.29 is 27.6 Å². The second-order valence-corrected chi connectivity index (χ2v) is 5.95. The second-order valence-electron chi connectivity index (χ2n) is 5.95. The van der Waals surface area contributed by atoms with Gasteiger partial charge in [0.2, 0.25) is 0 Å². The zero-order chi connectivity index (χ0) is 23.0. The number of rotatable bonds is 8. The van der Waals surface area contributed by atoms with Crippen LogP contribution in [0.4, 0.5) is 30.2 Å². The summed E-state index contributed by atoms with van der Waals surface area (Å²) >= 11 is 0. The zero-order valence-electron chi connectivity index (χ0n) is 16.4. The summed E-state index contributed by atoms with van der Waals surface area (Å²) in [7, 11) is 0. The van der Waals surface area contributed by atoms with Gasteiger partial charge in [-0.3, -0.25) is 21.0 Å². The Hall–Kier alpha value is -3.96. The molecule has 0 aliphatic heterocycles. The minimum atomic E-state index is -4.74. The summed E-state index contributed by atoms with van der Waals surface area (Å²) in [5, 5.41) is 19.0. The molecule has 0 aromatic heterocycles. The van der Waals surface area contributed by atoms with E-state index in [1.807, 2.05) is 0 Å². The topological polar surface area (TPSA) is 118 Å². The number of nitrogens with zero attached hydrogens (tertiary/aromatic N) is 3. The van der Waals surface area contributed by atoms with Gasteiger partial charge < -0.3 is 4.74 Å². The van der Waals surface area contributed by atoms with E-state index in [-0.39, 0.29) is 23.7 Å². The minimum absolute atomic E-state index is 0.0175. The molecule has 2 N–H and O–H groups in total. The van der Waals surface area contributed by atoms with E-state index >= 15 is 0 Å². The molecule has 0 saturated heterocycles. The van der Waals surface area contributed by atoms with Crippen molar-refractivity contribution in [3.8, 4) is 0 Å². The number of nitro groups is 1. The normalized spacial score (nSPS) is 12.3. The third-order valence-electron chi connectivity index (χ3n) is 3.75. The predicted octanol–water partition coefficient (Wildman–Crippen LogP) is 4.43. The standard InChI is InChI=1S/C19H18F3N5O4/c1-3-31-18(28)17(26-24-14-7-5-4-6-8-14)12(2)23-25-15-10-9-13(19(20,21)22)11-16(15)27(29)30/h4-11,24-25H,3H2,1-2H3/b23-12-,26-17+. The third kappa shape index (κ3) is 6.52. The number of para-hydroxylation sites is 1. The van der Waals surface area contributed by atoms with Gasteiger partial charge in [-0.15, -0.1) is 0 Å².